The summed E-state index contributed by atoms with van der Waals surface area (Å²) in [5.41, 5.74) is 2.12. The third kappa shape index (κ3) is 3.20. The normalized spacial score (nSPS) is 11.9. The Bertz CT molecular complexity index is 599. The summed E-state index contributed by atoms with van der Waals surface area (Å²) in [4.78, 5) is 12.3. The van der Waals surface area contributed by atoms with Gasteiger partial charge in [0.25, 0.3) is 5.91 Å². The van der Waals surface area contributed by atoms with Crippen LogP contribution in [0.5, 0.6) is 5.75 Å². The molecule has 0 saturated carbocycles. The van der Waals surface area contributed by atoms with Crippen LogP contribution >= 0.6 is 15.9 Å². The first-order chi connectivity index (χ1) is 9.63. The predicted molar refractivity (Wildman–Crippen MR) is 83.3 cm³/mol. The minimum atomic E-state index is -0.188. The lowest BCUT2D eigenvalue weighted by atomic mass is 10.1. The number of carbonyl (C=O) groups is 1. The number of alkyl halides is 1. The molecule has 0 saturated heterocycles. The van der Waals surface area contributed by atoms with E-state index in [1.54, 1.807) is 25.1 Å². The van der Waals surface area contributed by atoms with E-state index >= 15 is 0 Å². The molecule has 4 heteroatoms. The number of hydrogen-bond donors (Lipinski definition) is 2. The second-order valence-corrected chi connectivity index (χ2v) is 5.19. The summed E-state index contributed by atoms with van der Waals surface area (Å²) >= 11 is 3.42. The average Bonchev–Trinajstić information content (AvgIpc) is 2.48. The summed E-state index contributed by atoms with van der Waals surface area (Å²) in [5, 5.41) is 13.3. The fourth-order valence-corrected chi connectivity index (χ4v) is 2.54. The molecule has 2 aromatic rings. The van der Waals surface area contributed by atoms with Crippen LogP contribution in [0.1, 0.15) is 27.5 Å². The van der Waals surface area contributed by atoms with Crippen molar-refractivity contribution in [1.82, 2.24) is 5.32 Å². The highest BCUT2D eigenvalue weighted by atomic mass is 79.9. The van der Waals surface area contributed by atoms with Gasteiger partial charge in [0.15, 0.2) is 0 Å². The van der Waals surface area contributed by atoms with E-state index in [2.05, 4.69) is 21.2 Å². The van der Waals surface area contributed by atoms with Crippen LogP contribution in [0.2, 0.25) is 0 Å². The zero-order valence-electron chi connectivity index (χ0n) is 11.1. The van der Waals surface area contributed by atoms with Crippen molar-refractivity contribution in [3.8, 4) is 5.75 Å². The monoisotopic (exact) mass is 333 g/mol. The van der Waals surface area contributed by atoms with Crippen molar-refractivity contribution in [2.45, 2.75) is 13.0 Å². The first-order valence-electron chi connectivity index (χ1n) is 6.34. The molecular weight excluding hydrogens is 318 g/mol. The fraction of sp³-hybridized carbons (Fsp3) is 0.188. The van der Waals surface area contributed by atoms with Gasteiger partial charge >= 0.3 is 0 Å². The second-order valence-electron chi connectivity index (χ2n) is 4.54. The lowest BCUT2D eigenvalue weighted by molar-refractivity contribution is 0.0939. The number of nitrogens with one attached hydrogen (secondary N) is 1. The van der Waals surface area contributed by atoms with Gasteiger partial charge in [0.05, 0.1) is 6.04 Å². The van der Waals surface area contributed by atoms with Crippen molar-refractivity contribution in [2.24, 2.45) is 0 Å². The van der Waals surface area contributed by atoms with Gasteiger partial charge in [-0.15, -0.1) is 0 Å². The zero-order chi connectivity index (χ0) is 14.5. The Hall–Kier alpha value is -1.81. The Morgan fingerprint density at radius 3 is 2.55 bits per heavy atom. The van der Waals surface area contributed by atoms with Gasteiger partial charge in [0.2, 0.25) is 0 Å². The number of carbonyl (C=O) groups excluding carboxylic acids is 1. The highest BCUT2D eigenvalue weighted by molar-refractivity contribution is 9.09. The van der Waals surface area contributed by atoms with Gasteiger partial charge in [0.1, 0.15) is 5.75 Å². The van der Waals surface area contributed by atoms with Crippen LogP contribution in [-0.4, -0.2) is 16.3 Å². The molecule has 0 heterocycles. The largest absolute Gasteiger partial charge is 0.508 e. The van der Waals surface area contributed by atoms with E-state index in [9.17, 15) is 9.90 Å². The molecule has 3 nitrogen and oxygen atoms in total. The summed E-state index contributed by atoms with van der Waals surface area (Å²) < 4.78 is 0. The van der Waals surface area contributed by atoms with Crippen LogP contribution in [0.4, 0.5) is 0 Å². The van der Waals surface area contributed by atoms with E-state index in [0.29, 0.717) is 16.5 Å². The van der Waals surface area contributed by atoms with Crippen LogP contribution in [-0.2, 0) is 0 Å². The summed E-state index contributed by atoms with van der Waals surface area (Å²) in [6, 6.07) is 14.6. The Morgan fingerprint density at radius 2 is 1.90 bits per heavy atom. The second kappa shape index (κ2) is 6.57. The van der Waals surface area contributed by atoms with E-state index < -0.39 is 0 Å². The van der Waals surface area contributed by atoms with E-state index in [-0.39, 0.29) is 17.7 Å². The van der Waals surface area contributed by atoms with E-state index in [0.717, 1.165) is 5.56 Å². The maximum absolute atomic E-state index is 12.3. The van der Waals surface area contributed by atoms with Gasteiger partial charge in [-0.1, -0.05) is 52.3 Å². The summed E-state index contributed by atoms with van der Waals surface area (Å²) in [6.07, 6.45) is 0. The molecule has 1 atom stereocenters. The molecule has 0 fully saturated rings. The van der Waals surface area contributed by atoms with E-state index in [4.69, 9.17) is 0 Å². The highest BCUT2D eigenvalue weighted by Gasteiger charge is 2.16. The van der Waals surface area contributed by atoms with Crippen molar-refractivity contribution in [3.63, 3.8) is 0 Å². The highest BCUT2D eigenvalue weighted by Crippen LogP contribution is 2.21. The molecule has 2 rings (SSSR count). The van der Waals surface area contributed by atoms with Crippen LogP contribution < -0.4 is 5.32 Å². The smallest absolute Gasteiger partial charge is 0.252 e. The fourth-order valence-electron chi connectivity index (χ4n) is 2.00. The van der Waals surface area contributed by atoms with Gasteiger partial charge in [-0.3, -0.25) is 4.79 Å². The first kappa shape index (κ1) is 14.6. The van der Waals surface area contributed by atoms with Gasteiger partial charge in [0, 0.05) is 16.5 Å². The minimum absolute atomic E-state index is 0.106. The van der Waals surface area contributed by atoms with Crippen molar-refractivity contribution in [3.05, 3.63) is 65.2 Å². The van der Waals surface area contributed by atoms with Crippen LogP contribution in [0.3, 0.4) is 0 Å². The number of phenolic OH excluding ortho intramolecular Hbond substituents is 1. The summed E-state index contributed by atoms with van der Waals surface area (Å²) in [7, 11) is 0. The quantitative estimate of drug-likeness (QED) is 0.840. The molecule has 0 spiro atoms. The Kier molecular flexibility index (Phi) is 4.79. The van der Waals surface area contributed by atoms with Crippen molar-refractivity contribution < 1.29 is 9.90 Å². The summed E-state index contributed by atoms with van der Waals surface area (Å²) in [6.45, 7) is 1.73. The topological polar surface area (TPSA) is 49.3 Å². The van der Waals surface area contributed by atoms with Gasteiger partial charge in [-0.2, -0.15) is 0 Å². The van der Waals surface area contributed by atoms with Gasteiger partial charge in [-0.05, 0) is 24.6 Å². The molecule has 20 heavy (non-hydrogen) atoms. The van der Waals surface area contributed by atoms with Crippen LogP contribution in [0.15, 0.2) is 48.5 Å². The lowest BCUT2D eigenvalue weighted by Crippen LogP contribution is -2.30. The number of amides is 1. The molecule has 0 aliphatic rings. The molecule has 1 unspecified atom stereocenters. The van der Waals surface area contributed by atoms with Gasteiger partial charge < -0.3 is 10.4 Å². The molecule has 0 aliphatic carbocycles. The first-order valence-corrected chi connectivity index (χ1v) is 7.46. The number of aromatic hydroxyl groups is 1. The minimum Gasteiger partial charge on any atom is -0.508 e. The molecule has 0 aromatic heterocycles. The average molecular weight is 334 g/mol. The molecule has 2 aromatic carbocycles. The molecule has 104 valence electrons. The standard InChI is InChI=1S/C16H16BrNO2/c1-11-13(8-5-9-15(11)19)16(20)18-14(10-17)12-6-3-2-4-7-12/h2-9,14,19H,10H2,1H3,(H,18,20). The lowest BCUT2D eigenvalue weighted by Gasteiger charge is -2.17. The molecule has 0 aliphatic heterocycles. The molecule has 0 bridgehead atoms. The third-order valence-electron chi connectivity index (χ3n) is 3.21. The van der Waals surface area contributed by atoms with Gasteiger partial charge in [-0.25, -0.2) is 0 Å². The predicted octanol–water partition coefficient (Wildman–Crippen LogP) is 3.57. The van der Waals surface area contributed by atoms with Crippen LogP contribution in [0.25, 0.3) is 0 Å². The number of phenols is 1. The number of benzene rings is 2. The van der Waals surface area contributed by atoms with E-state index in [1.807, 2.05) is 30.3 Å². The van der Waals surface area contributed by atoms with Crippen molar-refractivity contribution in [2.75, 3.05) is 5.33 Å². The maximum Gasteiger partial charge on any atom is 0.252 e. The number of halogens is 1. The Balaban J connectivity index is 2.20. The van der Waals surface area contributed by atoms with Crippen LogP contribution in [0, 0.1) is 6.92 Å². The zero-order valence-corrected chi connectivity index (χ0v) is 12.7. The maximum atomic E-state index is 12.3. The molecular formula is C16H16BrNO2. The number of rotatable bonds is 4. The van der Waals surface area contributed by atoms with Crippen molar-refractivity contribution >= 4 is 21.8 Å². The van der Waals surface area contributed by atoms with E-state index in [1.165, 1.54) is 0 Å². The van der Waals surface area contributed by atoms with Crippen molar-refractivity contribution in [1.29, 1.82) is 0 Å². The summed E-state index contributed by atoms with van der Waals surface area (Å²) in [5.74, 6) is -0.0561. The molecule has 1 amide bonds. The SMILES string of the molecule is Cc1c(O)cccc1C(=O)NC(CBr)c1ccccc1. The Morgan fingerprint density at radius 1 is 1.20 bits per heavy atom. The third-order valence-corrected chi connectivity index (χ3v) is 3.86. The Labute approximate surface area is 126 Å². The number of hydrogen-bond acceptors (Lipinski definition) is 2. The molecule has 0 radical (unpaired) electrons. The molecule has 2 N–H and O–H groups in total.